The number of methoxy groups -OCH3 is 1. The molecule has 26 heavy (non-hydrogen) atoms. The first-order valence-electron chi connectivity index (χ1n) is 8.43. The zero-order valence-electron chi connectivity index (χ0n) is 14.6. The van der Waals surface area contributed by atoms with E-state index in [0.717, 1.165) is 32.8 Å². The van der Waals surface area contributed by atoms with Crippen LogP contribution in [-0.2, 0) is 20.8 Å². The maximum atomic E-state index is 10.6. The second-order valence-electron chi connectivity index (χ2n) is 6.60. The zero-order valence-corrected chi connectivity index (χ0v) is 14.6. The summed E-state index contributed by atoms with van der Waals surface area (Å²) in [6.45, 7) is 4.64. The molecular formula is C17H24F3NO5. The SMILES string of the molecule is COC[C@@H]1CCC[C@]12CN(Cc1ccoc1)CCO2.O=C(O)C(F)(F)F. The molecule has 1 saturated heterocycles. The number of alkyl halides is 3. The van der Waals surface area contributed by atoms with E-state index in [-0.39, 0.29) is 5.60 Å². The Kier molecular flexibility index (Phi) is 7.08. The van der Waals surface area contributed by atoms with Crippen LogP contribution in [0.5, 0.6) is 0 Å². The lowest BCUT2D eigenvalue weighted by molar-refractivity contribution is -0.192. The van der Waals surface area contributed by atoms with Gasteiger partial charge in [-0.2, -0.15) is 13.2 Å². The molecule has 1 aromatic rings. The molecule has 1 saturated carbocycles. The molecular weight excluding hydrogens is 355 g/mol. The molecule has 0 radical (unpaired) electrons. The number of carboxylic acid groups (broad SMARTS) is 1. The first-order valence-corrected chi connectivity index (χ1v) is 8.43. The first-order chi connectivity index (χ1) is 12.3. The summed E-state index contributed by atoms with van der Waals surface area (Å²) in [5.41, 5.74) is 1.27. The molecule has 2 aliphatic rings. The van der Waals surface area contributed by atoms with Gasteiger partial charge in [-0.15, -0.1) is 0 Å². The predicted octanol–water partition coefficient (Wildman–Crippen LogP) is 2.93. The molecule has 0 aromatic carbocycles. The highest BCUT2D eigenvalue weighted by Gasteiger charge is 2.46. The van der Waals surface area contributed by atoms with Crippen molar-refractivity contribution in [2.24, 2.45) is 5.92 Å². The van der Waals surface area contributed by atoms with Crippen molar-refractivity contribution in [2.45, 2.75) is 37.6 Å². The van der Waals surface area contributed by atoms with E-state index < -0.39 is 12.1 Å². The normalized spacial score (nSPS) is 26.5. The molecule has 9 heteroatoms. The number of hydrogen-bond donors (Lipinski definition) is 1. The van der Waals surface area contributed by atoms with Crippen LogP contribution < -0.4 is 0 Å². The highest BCUT2D eigenvalue weighted by molar-refractivity contribution is 5.73. The summed E-state index contributed by atoms with van der Waals surface area (Å²) >= 11 is 0. The Balaban J connectivity index is 0.000000298. The van der Waals surface area contributed by atoms with Gasteiger partial charge < -0.3 is 19.0 Å². The van der Waals surface area contributed by atoms with Crippen molar-refractivity contribution in [3.8, 4) is 0 Å². The number of ether oxygens (including phenoxy) is 2. The average molecular weight is 379 g/mol. The number of hydrogen-bond acceptors (Lipinski definition) is 5. The molecule has 2 fully saturated rings. The largest absolute Gasteiger partial charge is 0.490 e. The van der Waals surface area contributed by atoms with Crippen molar-refractivity contribution in [3.63, 3.8) is 0 Å². The van der Waals surface area contributed by atoms with Crippen LogP contribution >= 0.6 is 0 Å². The number of carbonyl (C=O) groups is 1. The van der Waals surface area contributed by atoms with Crippen molar-refractivity contribution in [1.82, 2.24) is 4.90 Å². The molecule has 2 heterocycles. The van der Waals surface area contributed by atoms with Crippen molar-refractivity contribution in [1.29, 1.82) is 0 Å². The van der Waals surface area contributed by atoms with Crippen LogP contribution in [0.15, 0.2) is 23.0 Å². The summed E-state index contributed by atoms with van der Waals surface area (Å²) < 4.78 is 48.5. The number of rotatable bonds is 4. The topological polar surface area (TPSA) is 72.1 Å². The molecule has 0 bridgehead atoms. The van der Waals surface area contributed by atoms with Crippen LogP contribution in [0, 0.1) is 5.92 Å². The maximum absolute atomic E-state index is 10.6. The smallest absolute Gasteiger partial charge is 0.475 e. The van der Waals surface area contributed by atoms with E-state index in [9.17, 15) is 13.2 Å². The lowest BCUT2D eigenvalue weighted by Crippen LogP contribution is -2.54. The van der Waals surface area contributed by atoms with Gasteiger partial charge in [0.25, 0.3) is 0 Å². The summed E-state index contributed by atoms with van der Waals surface area (Å²) in [6.07, 6.45) is 2.15. The minimum absolute atomic E-state index is 0.0258. The van der Waals surface area contributed by atoms with Gasteiger partial charge in [0.15, 0.2) is 0 Å². The molecule has 1 N–H and O–H groups in total. The summed E-state index contributed by atoms with van der Waals surface area (Å²) in [7, 11) is 1.79. The molecule has 6 nitrogen and oxygen atoms in total. The summed E-state index contributed by atoms with van der Waals surface area (Å²) in [6, 6.07) is 2.05. The van der Waals surface area contributed by atoms with Crippen LogP contribution in [0.2, 0.25) is 0 Å². The Morgan fingerprint density at radius 2 is 2.23 bits per heavy atom. The van der Waals surface area contributed by atoms with Gasteiger partial charge in [-0.05, 0) is 18.9 Å². The van der Waals surface area contributed by atoms with Crippen LogP contribution in [0.4, 0.5) is 13.2 Å². The number of furan rings is 1. The van der Waals surface area contributed by atoms with Gasteiger partial charge in [-0.25, -0.2) is 4.79 Å². The van der Waals surface area contributed by atoms with E-state index in [1.165, 1.54) is 24.8 Å². The number of carboxylic acids is 1. The minimum Gasteiger partial charge on any atom is -0.475 e. The van der Waals surface area contributed by atoms with Gasteiger partial charge in [0.1, 0.15) is 0 Å². The van der Waals surface area contributed by atoms with Crippen LogP contribution in [0.25, 0.3) is 0 Å². The third-order valence-corrected chi connectivity index (χ3v) is 4.78. The molecule has 3 rings (SSSR count). The molecule has 148 valence electrons. The number of aliphatic carboxylic acids is 1. The minimum atomic E-state index is -5.08. The lowest BCUT2D eigenvalue weighted by atomic mass is 9.89. The van der Waals surface area contributed by atoms with E-state index >= 15 is 0 Å². The third-order valence-electron chi connectivity index (χ3n) is 4.78. The fourth-order valence-corrected chi connectivity index (χ4v) is 3.61. The van der Waals surface area contributed by atoms with Crippen LogP contribution in [-0.4, -0.2) is 61.2 Å². The number of nitrogens with zero attached hydrogens (tertiary/aromatic N) is 1. The Morgan fingerprint density at radius 1 is 1.50 bits per heavy atom. The lowest BCUT2D eigenvalue weighted by Gasteiger charge is -2.44. The Morgan fingerprint density at radius 3 is 2.81 bits per heavy atom. The summed E-state index contributed by atoms with van der Waals surface area (Å²) in [4.78, 5) is 11.4. The van der Waals surface area contributed by atoms with E-state index in [1.54, 1.807) is 13.4 Å². The first kappa shape index (κ1) is 20.7. The van der Waals surface area contributed by atoms with Gasteiger partial charge in [-0.1, -0.05) is 6.42 Å². The Labute approximate surface area is 149 Å². The van der Waals surface area contributed by atoms with Crippen molar-refractivity contribution in [3.05, 3.63) is 24.2 Å². The summed E-state index contributed by atoms with van der Waals surface area (Å²) in [5, 5.41) is 7.12. The molecule has 0 unspecified atom stereocenters. The third kappa shape index (κ3) is 5.46. The van der Waals surface area contributed by atoms with Gasteiger partial charge in [-0.3, -0.25) is 4.90 Å². The zero-order chi connectivity index (χ0) is 19.2. The molecule has 1 aromatic heterocycles. The van der Waals surface area contributed by atoms with E-state index in [2.05, 4.69) is 4.90 Å². The molecule has 1 spiro atoms. The van der Waals surface area contributed by atoms with Crippen molar-refractivity contribution >= 4 is 5.97 Å². The van der Waals surface area contributed by atoms with Gasteiger partial charge in [0.05, 0.1) is 31.3 Å². The standard InChI is InChI=1S/C15H23NO3.C2HF3O2/c1-17-11-14-3-2-5-15(14)12-16(6-8-19-15)9-13-4-7-18-10-13;3-2(4,5)1(6)7/h4,7,10,14H,2-3,5-6,8-9,11-12H2,1H3;(H,6,7)/t14-,15-;/m0./s1. The second-order valence-corrected chi connectivity index (χ2v) is 6.60. The fraction of sp³-hybridized carbons (Fsp3) is 0.706. The van der Waals surface area contributed by atoms with Crippen LogP contribution in [0.3, 0.4) is 0 Å². The van der Waals surface area contributed by atoms with Crippen molar-refractivity contribution < 1.29 is 37.0 Å². The van der Waals surface area contributed by atoms with Gasteiger partial charge >= 0.3 is 12.1 Å². The average Bonchev–Trinajstić information content (AvgIpc) is 3.19. The van der Waals surface area contributed by atoms with Crippen molar-refractivity contribution in [2.75, 3.05) is 33.4 Å². The van der Waals surface area contributed by atoms with E-state index in [1.807, 2.05) is 12.3 Å². The highest BCUT2D eigenvalue weighted by atomic mass is 19.4. The number of halogens is 3. The van der Waals surface area contributed by atoms with Gasteiger partial charge in [0, 0.05) is 38.2 Å². The Bertz CT molecular complexity index is 563. The highest BCUT2D eigenvalue weighted by Crippen LogP contribution is 2.41. The summed E-state index contributed by atoms with van der Waals surface area (Å²) in [5.74, 6) is -2.21. The predicted molar refractivity (Wildman–Crippen MR) is 85.6 cm³/mol. The van der Waals surface area contributed by atoms with Crippen LogP contribution in [0.1, 0.15) is 24.8 Å². The molecule has 1 aliphatic carbocycles. The second kappa shape index (κ2) is 8.88. The van der Waals surface area contributed by atoms with E-state index in [0.29, 0.717) is 5.92 Å². The Hall–Kier alpha value is -1.58. The number of morpholine rings is 1. The molecule has 2 atom stereocenters. The quantitative estimate of drug-likeness (QED) is 0.867. The van der Waals surface area contributed by atoms with Gasteiger partial charge in [0.2, 0.25) is 0 Å². The molecule has 1 aliphatic heterocycles. The maximum Gasteiger partial charge on any atom is 0.490 e. The van der Waals surface area contributed by atoms with E-state index in [4.69, 9.17) is 23.8 Å². The fourth-order valence-electron chi connectivity index (χ4n) is 3.61. The monoisotopic (exact) mass is 379 g/mol. The molecule has 0 amide bonds.